The number of nitrogens with zero attached hydrogens (tertiary/aromatic N) is 2. The monoisotopic (exact) mass is 446 g/mol. The van der Waals surface area contributed by atoms with Gasteiger partial charge in [0.15, 0.2) is 11.5 Å². The molecule has 0 spiro atoms. The second-order valence-corrected chi connectivity index (χ2v) is 8.16. The highest BCUT2D eigenvalue weighted by Gasteiger charge is 2.25. The van der Waals surface area contributed by atoms with E-state index in [-0.39, 0.29) is 18.4 Å². The van der Waals surface area contributed by atoms with Crippen LogP contribution in [0.15, 0.2) is 47.0 Å². The molecule has 1 aliphatic rings. The summed E-state index contributed by atoms with van der Waals surface area (Å²) in [4.78, 5) is 20.6. The number of rotatable bonds is 7. The van der Waals surface area contributed by atoms with Crippen molar-refractivity contribution < 1.29 is 18.8 Å². The first kappa shape index (κ1) is 21.1. The number of amides is 1. The van der Waals surface area contributed by atoms with Gasteiger partial charge in [0, 0.05) is 35.0 Å². The zero-order chi connectivity index (χ0) is 22.8. The minimum Gasteiger partial charge on any atom is -0.493 e. The van der Waals surface area contributed by atoms with E-state index in [0.717, 1.165) is 36.0 Å². The van der Waals surface area contributed by atoms with Crippen molar-refractivity contribution in [3.8, 4) is 22.9 Å². The topological polar surface area (TPSA) is 102 Å². The number of aromatic amines is 1. The van der Waals surface area contributed by atoms with E-state index in [1.54, 1.807) is 26.4 Å². The Hall–Kier alpha value is -3.81. The Morgan fingerprint density at radius 2 is 2.03 bits per heavy atom. The first-order valence-corrected chi connectivity index (χ1v) is 11.1. The average Bonchev–Trinajstić information content (AvgIpc) is 3.48. The van der Waals surface area contributed by atoms with E-state index in [1.165, 1.54) is 10.9 Å². The van der Waals surface area contributed by atoms with E-state index in [0.29, 0.717) is 29.6 Å². The van der Waals surface area contributed by atoms with Crippen molar-refractivity contribution in [2.24, 2.45) is 0 Å². The lowest BCUT2D eigenvalue weighted by Crippen LogP contribution is -2.31. The summed E-state index contributed by atoms with van der Waals surface area (Å²) in [5.41, 5.74) is 4.32. The predicted octanol–water partition coefficient (Wildman–Crippen LogP) is 4.36. The summed E-state index contributed by atoms with van der Waals surface area (Å²) >= 11 is 0. The minimum absolute atomic E-state index is 0.00124. The van der Waals surface area contributed by atoms with Crippen LogP contribution in [0.25, 0.3) is 22.3 Å². The zero-order valence-corrected chi connectivity index (χ0v) is 18.7. The van der Waals surface area contributed by atoms with Crippen LogP contribution in [-0.4, -0.2) is 35.3 Å². The van der Waals surface area contributed by atoms with Gasteiger partial charge in [0.2, 0.25) is 17.6 Å². The average molecular weight is 447 g/mol. The van der Waals surface area contributed by atoms with Crippen molar-refractivity contribution in [2.75, 3.05) is 14.2 Å². The molecule has 8 nitrogen and oxygen atoms in total. The third-order valence-corrected chi connectivity index (χ3v) is 6.13. The highest BCUT2D eigenvalue weighted by molar-refractivity contribution is 5.85. The maximum Gasteiger partial charge on any atom is 0.227 e. The molecule has 8 heteroatoms. The van der Waals surface area contributed by atoms with Crippen LogP contribution in [0.4, 0.5) is 0 Å². The van der Waals surface area contributed by atoms with Gasteiger partial charge in [-0.15, -0.1) is 0 Å². The molecule has 5 rings (SSSR count). The molecule has 2 N–H and O–H groups in total. The van der Waals surface area contributed by atoms with Gasteiger partial charge in [-0.05, 0) is 49.1 Å². The fraction of sp³-hybridized carbons (Fsp3) is 0.320. The largest absolute Gasteiger partial charge is 0.493 e. The molecule has 0 saturated carbocycles. The Kier molecular flexibility index (Phi) is 5.73. The van der Waals surface area contributed by atoms with Crippen molar-refractivity contribution in [1.82, 2.24) is 20.4 Å². The number of carbonyl (C=O) groups excluding carboxylic acids is 1. The number of fused-ring (bicyclic) bond motifs is 3. The van der Waals surface area contributed by atoms with Gasteiger partial charge in [0.1, 0.15) is 0 Å². The van der Waals surface area contributed by atoms with Crippen LogP contribution < -0.4 is 14.8 Å². The van der Waals surface area contributed by atoms with Crippen molar-refractivity contribution in [3.05, 3.63) is 59.6 Å². The van der Waals surface area contributed by atoms with Gasteiger partial charge in [-0.25, -0.2) is 0 Å². The Balaban J connectivity index is 1.23. The molecular weight excluding hydrogens is 420 g/mol. The van der Waals surface area contributed by atoms with Crippen LogP contribution in [0, 0.1) is 0 Å². The lowest BCUT2D eigenvalue weighted by atomic mass is 9.91. The van der Waals surface area contributed by atoms with Crippen molar-refractivity contribution >= 4 is 16.8 Å². The molecule has 2 aromatic heterocycles. The molecule has 1 unspecified atom stereocenters. The molecule has 170 valence electrons. The van der Waals surface area contributed by atoms with Gasteiger partial charge in [-0.2, -0.15) is 4.98 Å². The normalized spacial score (nSPS) is 15.3. The summed E-state index contributed by atoms with van der Waals surface area (Å²) in [6.07, 6.45) is 3.67. The van der Waals surface area contributed by atoms with E-state index in [2.05, 4.69) is 38.6 Å². The van der Waals surface area contributed by atoms with Crippen molar-refractivity contribution in [2.45, 2.75) is 38.1 Å². The standard InChI is InChI=1S/C25H26N4O4/c1-31-20-11-10-15(14-21(20)32-2)25-28-23(33-29-25)13-12-22(30)26-19-9-5-7-17-16-6-3-4-8-18(16)27-24(17)19/h3-4,6,8,10-11,14,19,27H,5,7,9,12-13H2,1-2H3,(H,26,30). The molecule has 0 fully saturated rings. The number of carbonyl (C=O) groups is 1. The molecule has 4 aromatic rings. The number of para-hydroxylation sites is 1. The molecular formula is C25H26N4O4. The van der Waals surface area contributed by atoms with Crippen LogP contribution in [0.1, 0.15) is 42.5 Å². The van der Waals surface area contributed by atoms with Gasteiger partial charge in [0.05, 0.1) is 20.3 Å². The van der Waals surface area contributed by atoms with E-state index >= 15 is 0 Å². The van der Waals surface area contributed by atoms with Crippen LogP contribution in [0.3, 0.4) is 0 Å². The summed E-state index contributed by atoms with van der Waals surface area (Å²) in [7, 11) is 3.16. The number of benzene rings is 2. The fourth-order valence-electron chi connectivity index (χ4n) is 4.50. The second-order valence-electron chi connectivity index (χ2n) is 8.16. The van der Waals surface area contributed by atoms with Crippen LogP contribution >= 0.6 is 0 Å². The Morgan fingerprint density at radius 3 is 2.88 bits per heavy atom. The highest BCUT2D eigenvalue weighted by Crippen LogP contribution is 2.35. The van der Waals surface area contributed by atoms with E-state index in [1.807, 2.05) is 12.1 Å². The number of H-pyrrole nitrogens is 1. The number of aryl methyl sites for hydroxylation is 2. The lowest BCUT2D eigenvalue weighted by molar-refractivity contribution is -0.122. The zero-order valence-electron chi connectivity index (χ0n) is 18.7. The summed E-state index contributed by atoms with van der Waals surface area (Å²) in [6.45, 7) is 0. The summed E-state index contributed by atoms with van der Waals surface area (Å²) < 4.78 is 16.0. The quantitative estimate of drug-likeness (QED) is 0.437. The minimum atomic E-state index is -0.0302. The van der Waals surface area contributed by atoms with Gasteiger partial charge >= 0.3 is 0 Å². The van der Waals surface area contributed by atoms with Gasteiger partial charge < -0.3 is 24.3 Å². The third-order valence-electron chi connectivity index (χ3n) is 6.13. The molecule has 0 radical (unpaired) electrons. The van der Waals surface area contributed by atoms with Crippen molar-refractivity contribution in [1.29, 1.82) is 0 Å². The SMILES string of the molecule is COc1ccc(-c2noc(CCC(=O)NC3CCCc4c3[nH]c3ccccc43)n2)cc1OC. The third kappa shape index (κ3) is 4.16. The van der Waals surface area contributed by atoms with Gasteiger partial charge in [0.25, 0.3) is 0 Å². The van der Waals surface area contributed by atoms with Crippen molar-refractivity contribution in [3.63, 3.8) is 0 Å². The summed E-state index contributed by atoms with van der Waals surface area (Å²) in [6, 6.07) is 13.7. The first-order valence-electron chi connectivity index (χ1n) is 11.1. The number of hydrogen-bond acceptors (Lipinski definition) is 6. The maximum absolute atomic E-state index is 12.7. The smallest absolute Gasteiger partial charge is 0.227 e. The van der Waals surface area contributed by atoms with Crippen LogP contribution in [0.2, 0.25) is 0 Å². The molecule has 1 atom stereocenters. The molecule has 2 aromatic carbocycles. The van der Waals surface area contributed by atoms with Crippen LogP contribution in [0.5, 0.6) is 11.5 Å². The van der Waals surface area contributed by atoms with E-state index < -0.39 is 0 Å². The first-order chi connectivity index (χ1) is 16.2. The molecule has 1 aliphatic carbocycles. The van der Waals surface area contributed by atoms with E-state index in [4.69, 9.17) is 14.0 Å². The summed E-state index contributed by atoms with van der Waals surface area (Å²) in [5, 5.41) is 8.48. The highest BCUT2D eigenvalue weighted by atomic mass is 16.5. The van der Waals surface area contributed by atoms with Gasteiger partial charge in [-0.1, -0.05) is 23.4 Å². The number of ether oxygens (including phenoxy) is 2. The number of nitrogens with one attached hydrogen (secondary N) is 2. The maximum atomic E-state index is 12.7. The summed E-state index contributed by atoms with van der Waals surface area (Å²) in [5.74, 6) is 2.05. The fourth-order valence-corrected chi connectivity index (χ4v) is 4.50. The molecule has 1 amide bonds. The Labute approximate surface area is 191 Å². The Morgan fingerprint density at radius 1 is 1.18 bits per heavy atom. The second kappa shape index (κ2) is 8.97. The Bertz CT molecular complexity index is 1290. The van der Waals surface area contributed by atoms with Crippen LogP contribution in [-0.2, 0) is 17.6 Å². The number of aromatic nitrogens is 3. The molecule has 33 heavy (non-hydrogen) atoms. The lowest BCUT2D eigenvalue weighted by Gasteiger charge is -2.23. The number of hydrogen-bond donors (Lipinski definition) is 2. The number of methoxy groups -OCH3 is 2. The molecule has 2 heterocycles. The predicted molar refractivity (Wildman–Crippen MR) is 123 cm³/mol. The van der Waals surface area contributed by atoms with Gasteiger partial charge in [-0.3, -0.25) is 4.79 Å². The van der Waals surface area contributed by atoms with E-state index in [9.17, 15) is 4.79 Å². The molecule has 0 aliphatic heterocycles. The molecule has 0 saturated heterocycles. The molecule has 0 bridgehead atoms.